The average Bonchev–Trinajstić information content (AvgIpc) is 3.24. The van der Waals surface area contributed by atoms with Crippen LogP contribution in [-0.2, 0) is 28.6 Å². The van der Waals surface area contributed by atoms with Gasteiger partial charge in [-0.15, -0.1) is 0 Å². The molecule has 0 amide bonds. The summed E-state index contributed by atoms with van der Waals surface area (Å²) in [7, 11) is 0. The second-order valence-corrected chi connectivity index (χ2v) is 18.5. The summed E-state index contributed by atoms with van der Waals surface area (Å²) in [5.41, 5.74) is 0. The van der Waals surface area contributed by atoms with Crippen molar-refractivity contribution in [3.05, 3.63) is 0 Å². The lowest BCUT2D eigenvalue weighted by Gasteiger charge is -2.18. The minimum atomic E-state index is -0.759. The Balaban J connectivity index is 4.30. The molecule has 0 fully saturated rings. The van der Waals surface area contributed by atoms with Gasteiger partial charge in [-0.2, -0.15) is 0 Å². The zero-order valence-corrected chi connectivity index (χ0v) is 40.8. The molecule has 1 unspecified atom stereocenters. The van der Waals surface area contributed by atoms with Crippen LogP contribution >= 0.6 is 0 Å². The molecular weight excluding hydrogens is 745 g/mol. The summed E-state index contributed by atoms with van der Waals surface area (Å²) in [5.74, 6) is -0.837. The molecule has 0 aliphatic carbocycles. The lowest BCUT2D eigenvalue weighted by Crippen LogP contribution is -2.30. The minimum Gasteiger partial charge on any atom is -0.462 e. The molecule has 0 aliphatic heterocycles. The summed E-state index contributed by atoms with van der Waals surface area (Å²) in [6.45, 7) is 6.69. The molecule has 60 heavy (non-hydrogen) atoms. The van der Waals surface area contributed by atoms with Crippen molar-refractivity contribution in [2.45, 2.75) is 316 Å². The van der Waals surface area contributed by atoms with Crippen LogP contribution in [0.2, 0.25) is 0 Å². The largest absolute Gasteiger partial charge is 0.462 e. The zero-order chi connectivity index (χ0) is 43.7. The topological polar surface area (TPSA) is 78.9 Å². The van der Waals surface area contributed by atoms with Crippen LogP contribution < -0.4 is 0 Å². The van der Waals surface area contributed by atoms with Crippen molar-refractivity contribution in [1.82, 2.24) is 0 Å². The molecule has 0 heterocycles. The number of unbranched alkanes of at least 4 members (excludes halogenated alkanes) is 39. The van der Waals surface area contributed by atoms with Crippen molar-refractivity contribution in [2.24, 2.45) is 0 Å². The van der Waals surface area contributed by atoms with Crippen LogP contribution in [-0.4, -0.2) is 37.2 Å². The molecule has 0 aliphatic rings. The SMILES string of the molecule is CCCCCCCCCCCCCCCCCC(=O)OCC(COC(=O)CCCCCCCCCCCCCCC)OC(=O)CCCCCCCCCCCCCCCC. The highest BCUT2D eigenvalue weighted by atomic mass is 16.6. The molecule has 0 aromatic carbocycles. The Bertz CT molecular complexity index is 889. The van der Waals surface area contributed by atoms with E-state index in [-0.39, 0.29) is 31.1 Å². The standard InChI is InChI=1S/C54H104O6/c1-4-7-10-13-16-19-22-25-27-30-32-35-38-41-44-47-53(56)59-50-51(49-58-52(55)46-43-40-37-34-31-28-24-21-18-15-12-9-6-3)60-54(57)48-45-42-39-36-33-29-26-23-20-17-14-11-8-5-2/h51H,4-50H2,1-3H3. The van der Waals surface area contributed by atoms with Gasteiger partial charge in [0.15, 0.2) is 6.10 Å². The highest BCUT2D eigenvalue weighted by molar-refractivity contribution is 5.71. The second-order valence-electron chi connectivity index (χ2n) is 18.5. The summed E-state index contributed by atoms with van der Waals surface area (Å²) >= 11 is 0. The zero-order valence-electron chi connectivity index (χ0n) is 40.8. The van der Waals surface area contributed by atoms with Gasteiger partial charge in [0.25, 0.3) is 0 Å². The Kier molecular flexibility index (Phi) is 48.7. The van der Waals surface area contributed by atoms with Crippen molar-refractivity contribution in [1.29, 1.82) is 0 Å². The van der Waals surface area contributed by atoms with E-state index in [1.165, 1.54) is 212 Å². The monoisotopic (exact) mass is 849 g/mol. The molecule has 0 rings (SSSR count). The van der Waals surface area contributed by atoms with Crippen LogP contribution in [0.15, 0.2) is 0 Å². The first-order valence-electron chi connectivity index (χ1n) is 27.0. The third-order valence-electron chi connectivity index (χ3n) is 12.4. The predicted molar refractivity (Wildman–Crippen MR) is 257 cm³/mol. The normalized spacial score (nSPS) is 11.8. The molecule has 0 spiro atoms. The predicted octanol–water partition coefficient (Wildman–Crippen LogP) is 17.6. The van der Waals surface area contributed by atoms with Gasteiger partial charge in [0.05, 0.1) is 0 Å². The number of ether oxygens (including phenoxy) is 3. The fourth-order valence-corrected chi connectivity index (χ4v) is 8.27. The summed E-state index contributed by atoms with van der Waals surface area (Å²) in [4.78, 5) is 38.0. The van der Waals surface area contributed by atoms with Gasteiger partial charge in [0, 0.05) is 19.3 Å². The van der Waals surface area contributed by atoms with E-state index in [1.807, 2.05) is 0 Å². The first-order valence-corrected chi connectivity index (χ1v) is 27.0. The molecule has 6 nitrogen and oxygen atoms in total. The van der Waals surface area contributed by atoms with Crippen molar-refractivity contribution in [2.75, 3.05) is 13.2 Å². The van der Waals surface area contributed by atoms with E-state index in [2.05, 4.69) is 20.8 Å². The van der Waals surface area contributed by atoms with Gasteiger partial charge in [-0.3, -0.25) is 14.4 Å². The third kappa shape index (κ3) is 47.5. The maximum atomic E-state index is 12.8. The maximum absolute atomic E-state index is 12.8. The minimum absolute atomic E-state index is 0.0614. The Hall–Kier alpha value is -1.59. The molecule has 0 aromatic rings. The fourth-order valence-electron chi connectivity index (χ4n) is 8.27. The highest BCUT2D eigenvalue weighted by Gasteiger charge is 2.19. The number of hydrogen-bond donors (Lipinski definition) is 0. The summed E-state index contributed by atoms with van der Waals surface area (Å²) in [6, 6.07) is 0. The Morgan fingerprint density at radius 3 is 0.667 bits per heavy atom. The van der Waals surface area contributed by atoms with Gasteiger partial charge in [-0.25, -0.2) is 0 Å². The number of hydrogen-bond acceptors (Lipinski definition) is 6. The molecule has 0 radical (unpaired) electrons. The van der Waals surface area contributed by atoms with Gasteiger partial charge in [0.2, 0.25) is 0 Å². The van der Waals surface area contributed by atoms with Crippen LogP contribution in [0.5, 0.6) is 0 Å². The summed E-state index contributed by atoms with van der Waals surface area (Å²) in [6.07, 6.45) is 53.7. The van der Waals surface area contributed by atoms with Crippen LogP contribution in [0.25, 0.3) is 0 Å². The van der Waals surface area contributed by atoms with Gasteiger partial charge in [0.1, 0.15) is 13.2 Å². The number of carbonyl (C=O) groups is 3. The smallest absolute Gasteiger partial charge is 0.306 e. The molecule has 356 valence electrons. The molecule has 6 heteroatoms. The van der Waals surface area contributed by atoms with Crippen molar-refractivity contribution in [3.8, 4) is 0 Å². The van der Waals surface area contributed by atoms with E-state index in [1.54, 1.807) is 0 Å². The quantitative estimate of drug-likeness (QED) is 0.0345. The van der Waals surface area contributed by atoms with Crippen LogP contribution in [0.1, 0.15) is 310 Å². The van der Waals surface area contributed by atoms with Gasteiger partial charge in [-0.05, 0) is 19.3 Å². The van der Waals surface area contributed by atoms with E-state index in [4.69, 9.17) is 14.2 Å². The van der Waals surface area contributed by atoms with Crippen molar-refractivity contribution in [3.63, 3.8) is 0 Å². The number of esters is 3. The maximum Gasteiger partial charge on any atom is 0.306 e. The third-order valence-corrected chi connectivity index (χ3v) is 12.4. The van der Waals surface area contributed by atoms with Crippen LogP contribution in [0.3, 0.4) is 0 Å². The molecule has 0 saturated carbocycles. The van der Waals surface area contributed by atoms with Gasteiger partial charge in [-0.1, -0.05) is 271 Å². The molecular formula is C54H104O6. The lowest BCUT2D eigenvalue weighted by atomic mass is 10.0. The average molecular weight is 849 g/mol. The van der Waals surface area contributed by atoms with E-state index in [0.29, 0.717) is 19.3 Å². The Morgan fingerprint density at radius 2 is 0.450 bits per heavy atom. The summed E-state index contributed by atoms with van der Waals surface area (Å²) < 4.78 is 16.8. The van der Waals surface area contributed by atoms with E-state index >= 15 is 0 Å². The van der Waals surface area contributed by atoms with Gasteiger partial charge >= 0.3 is 17.9 Å². The van der Waals surface area contributed by atoms with E-state index in [0.717, 1.165) is 57.8 Å². The Morgan fingerprint density at radius 1 is 0.267 bits per heavy atom. The first kappa shape index (κ1) is 58.4. The van der Waals surface area contributed by atoms with Crippen LogP contribution in [0.4, 0.5) is 0 Å². The van der Waals surface area contributed by atoms with Gasteiger partial charge < -0.3 is 14.2 Å². The number of carbonyl (C=O) groups excluding carboxylic acids is 3. The fraction of sp³-hybridized carbons (Fsp3) is 0.944. The Labute approximate surface area is 374 Å². The van der Waals surface area contributed by atoms with Crippen molar-refractivity contribution < 1.29 is 28.6 Å². The summed E-state index contributed by atoms with van der Waals surface area (Å²) in [5, 5.41) is 0. The first-order chi connectivity index (χ1) is 29.5. The molecule has 0 N–H and O–H groups in total. The molecule has 1 atom stereocenters. The second kappa shape index (κ2) is 50.1. The van der Waals surface area contributed by atoms with Crippen LogP contribution in [0, 0.1) is 0 Å². The molecule has 0 saturated heterocycles. The highest BCUT2D eigenvalue weighted by Crippen LogP contribution is 2.17. The molecule has 0 bridgehead atoms. The molecule has 0 aromatic heterocycles. The van der Waals surface area contributed by atoms with E-state index in [9.17, 15) is 14.4 Å². The van der Waals surface area contributed by atoms with E-state index < -0.39 is 6.10 Å². The lowest BCUT2D eigenvalue weighted by molar-refractivity contribution is -0.167. The number of rotatable bonds is 50. The van der Waals surface area contributed by atoms with Crippen molar-refractivity contribution >= 4 is 17.9 Å².